The quantitative estimate of drug-likeness (QED) is 0.377. The van der Waals surface area contributed by atoms with E-state index in [2.05, 4.69) is 24.5 Å². The van der Waals surface area contributed by atoms with Crippen LogP contribution in [-0.4, -0.2) is 44.5 Å². The molecule has 3 fully saturated rings. The number of aliphatic imine (C=N–C) groups is 1. The van der Waals surface area contributed by atoms with E-state index >= 15 is 0 Å². The molecule has 5 nitrogen and oxygen atoms in total. The van der Waals surface area contributed by atoms with Gasteiger partial charge in [0.15, 0.2) is 15.8 Å². The van der Waals surface area contributed by atoms with E-state index in [9.17, 15) is 8.42 Å². The van der Waals surface area contributed by atoms with Crippen LogP contribution in [0.3, 0.4) is 0 Å². The van der Waals surface area contributed by atoms with E-state index in [1.165, 1.54) is 32.1 Å². The van der Waals surface area contributed by atoms with E-state index in [0.717, 1.165) is 24.2 Å². The molecule has 0 aromatic heterocycles. The fraction of sp³-hybridized carbons (Fsp3) is 0.941. The van der Waals surface area contributed by atoms with Gasteiger partial charge in [0.1, 0.15) is 0 Å². The Morgan fingerprint density at radius 3 is 2.25 bits per heavy atom. The first kappa shape index (κ1) is 20.3. The van der Waals surface area contributed by atoms with E-state index in [4.69, 9.17) is 4.99 Å². The fourth-order valence-electron chi connectivity index (χ4n) is 3.66. The highest BCUT2D eigenvalue weighted by molar-refractivity contribution is 14.0. The first-order chi connectivity index (χ1) is 10.9. The average molecular weight is 469 g/mol. The van der Waals surface area contributed by atoms with Gasteiger partial charge >= 0.3 is 0 Å². The SMILES string of the molecule is CC1CCC(NC(=NCC2CCS(=O)(=O)C2)NC2CC2)CC1C.I. The summed E-state index contributed by atoms with van der Waals surface area (Å²) in [4.78, 5) is 4.72. The molecule has 2 aliphatic carbocycles. The van der Waals surface area contributed by atoms with Gasteiger partial charge in [0.05, 0.1) is 11.5 Å². The summed E-state index contributed by atoms with van der Waals surface area (Å²) in [5, 5.41) is 7.11. The molecule has 0 spiro atoms. The average Bonchev–Trinajstić information content (AvgIpc) is 3.23. The lowest BCUT2D eigenvalue weighted by Crippen LogP contribution is -2.47. The molecule has 4 unspecified atom stereocenters. The Bertz CT molecular complexity index is 548. The predicted octanol–water partition coefficient (Wildman–Crippen LogP) is 2.56. The zero-order chi connectivity index (χ0) is 16.4. The summed E-state index contributed by atoms with van der Waals surface area (Å²) in [6.07, 6.45) is 6.88. The minimum absolute atomic E-state index is 0. The summed E-state index contributed by atoms with van der Waals surface area (Å²) in [6, 6.07) is 1.06. The molecule has 2 N–H and O–H groups in total. The lowest BCUT2D eigenvalue weighted by Gasteiger charge is -2.33. The van der Waals surface area contributed by atoms with Crippen LogP contribution in [0.1, 0.15) is 52.4 Å². The Balaban J connectivity index is 0.00000208. The second kappa shape index (κ2) is 8.56. The lowest BCUT2D eigenvalue weighted by atomic mass is 9.79. The number of halogens is 1. The van der Waals surface area contributed by atoms with Gasteiger partial charge in [-0.25, -0.2) is 8.42 Å². The Hall–Kier alpha value is -0.0500. The van der Waals surface area contributed by atoms with Gasteiger partial charge in [0.25, 0.3) is 0 Å². The molecule has 0 aromatic rings. The number of hydrogen-bond donors (Lipinski definition) is 2. The number of rotatable bonds is 4. The molecule has 0 amide bonds. The van der Waals surface area contributed by atoms with Gasteiger partial charge in [0, 0.05) is 18.6 Å². The summed E-state index contributed by atoms with van der Waals surface area (Å²) in [7, 11) is -2.80. The zero-order valence-corrected chi connectivity index (χ0v) is 18.0. The topological polar surface area (TPSA) is 70.6 Å². The van der Waals surface area contributed by atoms with E-state index < -0.39 is 9.84 Å². The second-order valence-corrected chi connectivity index (χ2v) is 10.2. The first-order valence-corrected chi connectivity index (χ1v) is 11.0. The summed E-state index contributed by atoms with van der Waals surface area (Å²) in [6.45, 7) is 5.31. The predicted molar refractivity (Wildman–Crippen MR) is 110 cm³/mol. The van der Waals surface area contributed by atoms with Crippen LogP contribution in [0.4, 0.5) is 0 Å². The third kappa shape index (κ3) is 6.04. The van der Waals surface area contributed by atoms with Gasteiger partial charge in [-0.1, -0.05) is 13.8 Å². The lowest BCUT2D eigenvalue weighted by molar-refractivity contribution is 0.239. The molecule has 24 heavy (non-hydrogen) atoms. The van der Waals surface area contributed by atoms with Crippen LogP contribution in [0.2, 0.25) is 0 Å². The van der Waals surface area contributed by atoms with Crippen molar-refractivity contribution in [2.75, 3.05) is 18.1 Å². The molecule has 0 bridgehead atoms. The van der Waals surface area contributed by atoms with Gasteiger partial charge < -0.3 is 10.6 Å². The van der Waals surface area contributed by atoms with Crippen LogP contribution in [0.5, 0.6) is 0 Å². The van der Waals surface area contributed by atoms with Crippen LogP contribution in [-0.2, 0) is 9.84 Å². The van der Waals surface area contributed by atoms with Crippen molar-refractivity contribution in [1.82, 2.24) is 10.6 Å². The summed E-state index contributed by atoms with van der Waals surface area (Å²) < 4.78 is 23.2. The molecule has 7 heteroatoms. The second-order valence-electron chi connectivity index (χ2n) is 7.99. The highest BCUT2D eigenvalue weighted by Crippen LogP contribution is 2.29. The van der Waals surface area contributed by atoms with E-state index in [-0.39, 0.29) is 29.9 Å². The van der Waals surface area contributed by atoms with Crippen molar-refractivity contribution in [3.05, 3.63) is 0 Å². The van der Waals surface area contributed by atoms with Crippen LogP contribution in [0.25, 0.3) is 0 Å². The smallest absolute Gasteiger partial charge is 0.191 e. The molecule has 2 saturated carbocycles. The van der Waals surface area contributed by atoms with Crippen molar-refractivity contribution in [2.45, 2.75) is 64.5 Å². The van der Waals surface area contributed by atoms with Crippen molar-refractivity contribution in [3.63, 3.8) is 0 Å². The number of hydrogen-bond acceptors (Lipinski definition) is 3. The van der Waals surface area contributed by atoms with Crippen LogP contribution >= 0.6 is 24.0 Å². The minimum Gasteiger partial charge on any atom is -0.354 e. The molecule has 1 aliphatic heterocycles. The molecule has 3 aliphatic rings. The zero-order valence-electron chi connectivity index (χ0n) is 14.8. The Morgan fingerprint density at radius 1 is 1.00 bits per heavy atom. The normalized spacial score (nSPS) is 36.0. The summed E-state index contributed by atoms with van der Waals surface area (Å²) in [5.41, 5.74) is 0. The first-order valence-electron chi connectivity index (χ1n) is 9.19. The summed E-state index contributed by atoms with van der Waals surface area (Å²) in [5.74, 6) is 3.32. The number of sulfone groups is 1. The molecule has 1 saturated heterocycles. The Kier molecular flexibility index (Phi) is 7.22. The maximum atomic E-state index is 11.6. The molecule has 0 aromatic carbocycles. The van der Waals surface area contributed by atoms with Crippen molar-refractivity contribution in [1.29, 1.82) is 0 Å². The fourth-order valence-corrected chi connectivity index (χ4v) is 5.51. The van der Waals surface area contributed by atoms with Crippen molar-refractivity contribution >= 4 is 39.8 Å². The largest absolute Gasteiger partial charge is 0.354 e. The number of nitrogens with zero attached hydrogens (tertiary/aromatic N) is 1. The minimum atomic E-state index is -2.80. The van der Waals surface area contributed by atoms with E-state index in [1.54, 1.807) is 0 Å². The number of guanidine groups is 1. The highest BCUT2D eigenvalue weighted by atomic mass is 127. The van der Waals surface area contributed by atoms with Crippen molar-refractivity contribution in [3.8, 4) is 0 Å². The molecule has 0 radical (unpaired) electrons. The van der Waals surface area contributed by atoms with E-state index in [1.807, 2.05) is 0 Å². The standard InChI is InChI=1S/C17H31N3O2S.HI/c1-12-3-4-16(9-13(12)2)20-17(19-15-5-6-15)18-10-14-7-8-23(21,22)11-14;/h12-16H,3-11H2,1-2H3,(H2,18,19,20);1H. The Morgan fingerprint density at radius 2 is 1.67 bits per heavy atom. The van der Waals surface area contributed by atoms with Crippen LogP contribution in [0.15, 0.2) is 4.99 Å². The van der Waals surface area contributed by atoms with Crippen LogP contribution in [0, 0.1) is 17.8 Å². The monoisotopic (exact) mass is 469 g/mol. The number of nitrogens with one attached hydrogen (secondary N) is 2. The van der Waals surface area contributed by atoms with Gasteiger partial charge in [-0.15, -0.1) is 24.0 Å². The molecular formula is C17H32IN3O2S. The maximum absolute atomic E-state index is 11.6. The van der Waals surface area contributed by atoms with Gasteiger partial charge in [-0.3, -0.25) is 4.99 Å². The van der Waals surface area contributed by atoms with Gasteiger partial charge in [-0.05, 0) is 56.3 Å². The third-order valence-electron chi connectivity index (χ3n) is 5.69. The molecule has 1 heterocycles. The van der Waals surface area contributed by atoms with Crippen LogP contribution < -0.4 is 10.6 Å². The van der Waals surface area contributed by atoms with Gasteiger partial charge in [-0.2, -0.15) is 0 Å². The molecule has 4 atom stereocenters. The summed E-state index contributed by atoms with van der Waals surface area (Å²) >= 11 is 0. The van der Waals surface area contributed by atoms with Gasteiger partial charge in [0.2, 0.25) is 0 Å². The highest BCUT2D eigenvalue weighted by Gasteiger charge is 2.29. The molecule has 140 valence electrons. The third-order valence-corrected chi connectivity index (χ3v) is 7.53. The Labute approximate surface area is 163 Å². The van der Waals surface area contributed by atoms with E-state index in [0.29, 0.717) is 30.1 Å². The molecule has 3 rings (SSSR count). The maximum Gasteiger partial charge on any atom is 0.191 e. The van der Waals surface area contributed by atoms with Crippen molar-refractivity contribution in [2.24, 2.45) is 22.7 Å². The molecular weight excluding hydrogens is 437 g/mol. The van der Waals surface area contributed by atoms with Crippen molar-refractivity contribution < 1.29 is 8.42 Å².